The first-order chi connectivity index (χ1) is 8.31. The van der Waals surface area contributed by atoms with Crippen LogP contribution < -0.4 is 10.6 Å². The predicted molar refractivity (Wildman–Crippen MR) is 76.6 cm³/mol. The Morgan fingerprint density at radius 3 is 2.78 bits per heavy atom. The van der Waals surface area contributed by atoms with Crippen LogP contribution in [0.1, 0.15) is 34.8 Å². The first-order valence-electron chi connectivity index (χ1n) is 6.42. The predicted octanol–water partition coefficient (Wildman–Crippen LogP) is 1.94. The molecule has 1 amide bonds. The molecule has 4 heteroatoms. The Morgan fingerprint density at radius 1 is 1.22 bits per heavy atom. The summed E-state index contributed by atoms with van der Waals surface area (Å²) in [7, 11) is 0. The summed E-state index contributed by atoms with van der Waals surface area (Å²) in [4.78, 5) is 11.9. The molecule has 2 rings (SSSR count). The lowest BCUT2D eigenvalue weighted by molar-refractivity contribution is 0.0954. The largest absolute Gasteiger partial charge is 0.351 e. The average molecular weight is 269 g/mol. The topological polar surface area (TPSA) is 41.1 Å². The molecule has 1 aromatic carbocycles. The van der Waals surface area contributed by atoms with Crippen molar-refractivity contribution < 1.29 is 4.79 Å². The molecular weight excluding hydrogens is 248 g/mol. The van der Waals surface area contributed by atoms with Crippen LogP contribution in [0.3, 0.4) is 0 Å². The molecule has 2 N–H and O–H groups in total. The van der Waals surface area contributed by atoms with Crippen molar-refractivity contribution in [3.05, 3.63) is 34.9 Å². The number of nitrogens with one attached hydrogen (secondary N) is 2. The first-order valence-corrected chi connectivity index (χ1v) is 6.42. The van der Waals surface area contributed by atoms with Crippen molar-refractivity contribution in [2.75, 3.05) is 19.6 Å². The number of amides is 1. The van der Waals surface area contributed by atoms with E-state index in [1.165, 1.54) is 17.5 Å². The quantitative estimate of drug-likeness (QED) is 0.802. The third-order valence-electron chi connectivity index (χ3n) is 3.20. The first kappa shape index (κ1) is 15.0. The standard InChI is InChI=1S/C14H20N2O.ClH/c1-2-15-8-9-16-14(17)13-7-6-11-4-3-5-12(11)10-13;/h6-7,10,15H,2-5,8-9H2,1H3,(H,16,17);1H. The number of hydrogen-bond donors (Lipinski definition) is 2. The van der Waals surface area contributed by atoms with Crippen molar-refractivity contribution in [3.63, 3.8) is 0 Å². The van der Waals surface area contributed by atoms with Crippen LogP contribution in [0.4, 0.5) is 0 Å². The van der Waals surface area contributed by atoms with Gasteiger partial charge in [0.2, 0.25) is 0 Å². The highest BCUT2D eigenvalue weighted by Crippen LogP contribution is 2.22. The minimum absolute atomic E-state index is 0. The molecule has 18 heavy (non-hydrogen) atoms. The summed E-state index contributed by atoms with van der Waals surface area (Å²) in [5, 5.41) is 6.11. The molecule has 1 aromatic rings. The summed E-state index contributed by atoms with van der Waals surface area (Å²) in [6, 6.07) is 6.08. The van der Waals surface area contributed by atoms with E-state index in [1.807, 2.05) is 12.1 Å². The molecule has 0 radical (unpaired) electrons. The molecule has 0 aliphatic heterocycles. The van der Waals surface area contributed by atoms with Crippen LogP contribution in [0.25, 0.3) is 0 Å². The summed E-state index contributed by atoms with van der Waals surface area (Å²) in [5.74, 6) is 0.0394. The highest BCUT2D eigenvalue weighted by molar-refractivity contribution is 5.94. The van der Waals surface area contributed by atoms with Gasteiger partial charge in [-0.1, -0.05) is 13.0 Å². The van der Waals surface area contributed by atoms with Gasteiger partial charge in [-0.3, -0.25) is 4.79 Å². The van der Waals surface area contributed by atoms with E-state index in [1.54, 1.807) is 0 Å². The number of carbonyl (C=O) groups excluding carboxylic acids is 1. The van der Waals surface area contributed by atoms with Crippen molar-refractivity contribution in [1.29, 1.82) is 0 Å². The summed E-state index contributed by atoms with van der Waals surface area (Å²) in [6.07, 6.45) is 3.51. The van der Waals surface area contributed by atoms with E-state index in [9.17, 15) is 4.79 Å². The van der Waals surface area contributed by atoms with Gasteiger partial charge in [0.1, 0.15) is 0 Å². The molecule has 3 nitrogen and oxygen atoms in total. The van der Waals surface area contributed by atoms with Gasteiger partial charge in [-0.2, -0.15) is 0 Å². The Kier molecular flexibility index (Phi) is 6.16. The second kappa shape index (κ2) is 7.39. The van der Waals surface area contributed by atoms with E-state index < -0.39 is 0 Å². The van der Waals surface area contributed by atoms with Gasteiger partial charge in [0, 0.05) is 18.7 Å². The normalized spacial score (nSPS) is 12.7. The van der Waals surface area contributed by atoms with Crippen LogP contribution in [0.15, 0.2) is 18.2 Å². The van der Waals surface area contributed by atoms with Crippen LogP contribution in [0.2, 0.25) is 0 Å². The second-order valence-corrected chi connectivity index (χ2v) is 4.45. The Labute approximate surface area is 115 Å². The summed E-state index contributed by atoms with van der Waals surface area (Å²) in [6.45, 7) is 4.51. The Bertz CT molecular complexity index is 407. The molecule has 0 saturated heterocycles. The fraction of sp³-hybridized carbons (Fsp3) is 0.500. The summed E-state index contributed by atoms with van der Waals surface area (Å²) in [5.41, 5.74) is 3.56. The molecular formula is C14H21ClN2O. The molecule has 0 heterocycles. The zero-order chi connectivity index (χ0) is 12.1. The van der Waals surface area contributed by atoms with Crippen LogP contribution in [0, 0.1) is 0 Å². The van der Waals surface area contributed by atoms with Gasteiger partial charge in [-0.25, -0.2) is 0 Å². The van der Waals surface area contributed by atoms with Gasteiger partial charge in [0.25, 0.3) is 5.91 Å². The van der Waals surface area contributed by atoms with Crippen molar-refractivity contribution in [3.8, 4) is 0 Å². The Balaban J connectivity index is 0.00000162. The maximum atomic E-state index is 11.9. The van der Waals surface area contributed by atoms with Gasteiger partial charge in [-0.05, 0) is 49.1 Å². The maximum absolute atomic E-state index is 11.9. The fourth-order valence-electron chi connectivity index (χ4n) is 2.26. The van der Waals surface area contributed by atoms with Crippen molar-refractivity contribution >= 4 is 18.3 Å². The van der Waals surface area contributed by atoms with Crippen LogP contribution in [-0.4, -0.2) is 25.5 Å². The summed E-state index contributed by atoms with van der Waals surface area (Å²) >= 11 is 0. The zero-order valence-electron chi connectivity index (χ0n) is 10.8. The molecule has 1 aliphatic rings. The lowest BCUT2D eigenvalue weighted by atomic mass is 10.1. The SMILES string of the molecule is CCNCCNC(=O)c1ccc2c(c1)CCC2.Cl. The van der Waals surface area contributed by atoms with Gasteiger partial charge in [-0.15, -0.1) is 12.4 Å². The number of fused-ring (bicyclic) bond motifs is 1. The third-order valence-corrected chi connectivity index (χ3v) is 3.20. The van der Waals surface area contributed by atoms with Crippen LogP contribution in [-0.2, 0) is 12.8 Å². The summed E-state index contributed by atoms with van der Waals surface area (Å²) < 4.78 is 0. The molecule has 0 atom stereocenters. The molecule has 0 saturated carbocycles. The second-order valence-electron chi connectivity index (χ2n) is 4.45. The third kappa shape index (κ3) is 3.72. The van der Waals surface area contributed by atoms with Crippen LogP contribution >= 0.6 is 12.4 Å². The van der Waals surface area contributed by atoms with Gasteiger partial charge in [0.15, 0.2) is 0 Å². The number of aryl methyl sites for hydroxylation is 2. The highest BCUT2D eigenvalue weighted by Gasteiger charge is 2.13. The van der Waals surface area contributed by atoms with E-state index in [0.29, 0.717) is 6.54 Å². The molecule has 0 aromatic heterocycles. The van der Waals surface area contributed by atoms with Crippen LogP contribution in [0.5, 0.6) is 0 Å². The maximum Gasteiger partial charge on any atom is 0.251 e. The zero-order valence-corrected chi connectivity index (χ0v) is 11.6. The minimum atomic E-state index is 0. The van der Waals surface area contributed by atoms with E-state index in [2.05, 4.69) is 23.6 Å². The molecule has 0 bridgehead atoms. The highest BCUT2D eigenvalue weighted by atomic mass is 35.5. The molecule has 1 aliphatic carbocycles. The average Bonchev–Trinajstić information content (AvgIpc) is 2.81. The van der Waals surface area contributed by atoms with E-state index in [4.69, 9.17) is 0 Å². The molecule has 0 spiro atoms. The number of carbonyl (C=O) groups is 1. The number of benzene rings is 1. The number of likely N-dealkylation sites (N-methyl/N-ethyl adjacent to an activating group) is 1. The monoisotopic (exact) mass is 268 g/mol. The molecule has 0 unspecified atom stereocenters. The Hall–Kier alpha value is -1.06. The number of hydrogen-bond acceptors (Lipinski definition) is 2. The van der Waals surface area contributed by atoms with Crippen molar-refractivity contribution in [2.24, 2.45) is 0 Å². The fourth-order valence-corrected chi connectivity index (χ4v) is 2.26. The minimum Gasteiger partial charge on any atom is -0.351 e. The smallest absolute Gasteiger partial charge is 0.251 e. The van der Waals surface area contributed by atoms with Crippen molar-refractivity contribution in [2.45, 2.75) is 26.2 Å². The molecule has 100 valence electrons. The van der Waals surface area contributed by atoms with Crippen molar-refractivity contribution in [1.82, 2.24) is 10.6 Å². The lowest BCUT2D eigenvalue weighted by Gasteiger charge is -2.07. The Morgan fingerprint density at radius 2 is 2.00 bits per heavy atom. The number of rotatable bonds is 5. The molecule has 0 fully saturated rings. The van der Waals surface area contributed by atoms with E-state index in [0.717, 1.165) is 31.5 Å². The van der Waals surface area contributed by atoms with Gasteiger partial charge in [0.05, 0.1) is 0 Å². The van der Waals surface area contributed by atoms with Gasteiger partial charge < -0.3 is 10.6 Å². The van der Waals surface area contributed by atoms with E-state index in [-0.39, 0.29) is 18.3 Å². The van der Waals surface area contributed by atoms with Gasteiger partial charge >= 0.3 is 0 Å². The lowest BCUT2D eigenvalue weighted by Crippen LogP contribution is -2.31. The number of halogens is 1. The van der Waals surface area contributed by atoms with E-state index >= 15 is 0 Å².